The fourth-order valence-corrected chi connectivity index (χ4v) is 2.23. The first-order valence-electron chi connectivity index (χ1n) is 7.07. The number of carbonyl (C=O) groups is 2. The maximum Gasteiger partial charge on any atom is 0.337 e. The first-order chi connectivity index (χ1) is 12.0. The average molecular weight is 381 g/mol. The normalized spacial score (nSPS) is 10.5. The van der Waals surface area contributed by atoms with Crippen molar-refractivity contribution < 1.29 is 19.1 Å². The van der Waals surface area contributed by atoms with Crippen molar-refractivity contribution in [2.24, 2.45) is 5.10 Å². The van der Waals surface area contributed by atoms with E-state index < -0.39 is 11.9 Å². The molecule has 0 aliphatic heterocycles. The molecule has 2 aromatic carbocycles. The van der Waals surface area contributed by atoms with Gasteiger partial charge in [0.25, 0.3) is 5.91 Å². The van der Waals surface area contributed by atoms with Crippen molar-refractivity contribution in [3.63, 3.8) is 0 Å². The fourth-order valence-electron chi connectivity index (χ4n) is 1.77. The van der Waals surface area contributed by atoms with Gasteiger partial charge < -0.3 is 9.47 Å². The number of hydrazone groups is 1. The molecule has 6 nitrogen and oxygen atoms in total. The number of nitrogens with one attached hydrogen (secondary N) is 1. The third kappa shape index (κ3) is 5.77. The van der Waals surface area contributed by atoms with Crippen LogP contribution in [0.5, 0.6) is 5.75 Å². The molecule has 0 saturated carbocycles. The van der Waals surface area contributed by atoms with E-state index in [1.807, 2.05) is 0 Å². The molecule has 0 heterocycles. The van der Waals surface area contributed by atoms with E-state index in [9.17, 15) is 9.59 Å². The Balaban J connectivity index is 1.83. The minimum Gasteiger partial charge on any atom is -0.482 e. The lowest BCUT2D eigenvalue weighted by molar-refractivity contribution is -0.123. The van der Waals surface area contributed by atoms with Gasteiger partial charge in [-0.15, -0.1) is 0 Å². The summed E-state index contributed by atoms with van der Waals surface area (Å²) in [5.74, 6) is -0.521. The highest BCUT2D eigenvalue weighted by Crippen LogP contribution is 2.27. The van der Waals surface area contributed by atoms with Crippen LogP contribution in [-0.4, -0.2) is 31.8 Å². The SMILES string of the molecule is COC(=O)c1ccc(/C=N\NC(=O)COc2ccc(Cl)cc2Cl)cc1. The van der Waals surface area contributed by atoms with Crippen molar-refractivity contribution >= 4 is 41.3 Å². The van der Waals surface area contributed by atoms with Gasteiger partial charge >= 0.3 is 5.97 Å². The van der Waals surface area contributed by atoms with Crippen LogP contribution < -0.4 is 10.2 Å². The van der Waals surface area contributed by atoms with Crippen LogP contribution in [0, 0.1) is 0 Å². The summed E-state index contributed by atoms with van der Waals surface area (Å²) in [6.07, 6.45) is 1.44. The van der Waals surface area contributed by atoms with Gasteiger partial charge in [-0.3, -0.25) is 4.79 Å². The number of rotatable bonds is 6. The third-order valence-corrected chi connectivity index (χ3v) is 3.52. The van der Waals surface area contributed by atoms with Crippen molar-refractivity contribution in [3.8, 4) is 5.75 Å². The molecule has 0 aliphatic carbocycles. The lowest BCUT2D eigenvalue weighted by Gasteiger charge is -2.07. The number of amides is 1. The summed E-state index contributed by atoms with van der Waals surface area (Å²) >= 11 is 11.7. The molecule has 0 saturated heterocycles. The molecule has 2 rings (SSSR count). The molecule has 0 unspecified atom stereocenters. The smallest absolute Gasteiger partial charge is 0.337 e. The van der Waals surface area contributed by atoms with Crippen LogP contribution in [0.4, 0.5) is 0 Å². The number of esters is 1. The second kappa shape index (κ2) is 9.05. The standard InChI is InChI=1S/C17H14Cl2N2O4/c1-24-17(23)12-4-2-11(3-5-12)9-20-21-16(22)10-25-15-7-6-13(18)8-14(15)19/h2-9H,10H2,1H3,(H,21,22)/b20-9-. The second-order valence-electron chi connectivity index (χ2n) is 4.77. The number of methoxy groups -OCH3 is 1. The lowest BCUT2D eigenvalue weighted by atomic mass is 10.1. The van der Waals surface area contributed by atoms with Gasteiger partial charge in [0.05, 0.1) is 23.9 Å². The Morgan fingerprint density at radius 1 is 1.16 bits per heavy atom. The Kier molecular flexibility index (Phi) is 6.80. The molecule has 0 bridgehead atoms. The molecule has 8 heteroatoms. The number of hydrogen-bond acceptors (Lipinski definition) is 5. The van der Waals surface area contributed by atoms with E-state index in [2.05, 4.69) is 15.3 Å². The monoisotopic (exact) mass is 380 g/mol. The fraction of sp³-hybridized carbons (Fsp3) is 0.118. The largest absolute Gasteiger partial charge is 0.482 e. The summed E-state index contributed by atoms with van der Waals surface area (Å²) in [6.45, 7) is -0.250. The van der Waals surface area contributed by atoms with E-state index in [-0.39, 0.29) is 6.61 Å². The molecular formula is C17H14Cl2N2O4. The van der Waals surface area contributed by atoms with Crippen LogP contribution in [0.2, 0.25) is 10.0 Å². The summed E-state index contributed by atoms with van der Waals surface area (Å²) in [5.41, 5.74) is 3.46. The predicted molar refractivity (Wildman–Crippen MR) is 95.5 cm³/mol. The Bertz CT molecular complexity index is 792. The number of hydrogen-bond donors (Lipinski definition) is 1. The van der Waals surface area contributed by atoms with Crippen molar-refractivity contribution in [1.29, 1.82) is 0 Å². The highest BCUT2D eigenvalue weighted by Gasteiger charge is 2.06. The van der Waals surface area contributed by atoms with Crippen LogP contribution in [0.25, 0.3) is 0 Å². The topological polar surface area (TPSA) is 77.0 Å². The summed E-state index contributed by atoms with van der Waals surface area (Å²) in [6, 6.07) is 11.2. The third-order valence-electron chi connectivity index (χ3n) is 2.99. The predicted octanol–water partition coefficient (Wildman–Crippen LogP) is 3.31. The van der Waals surface area contributed by atoms with E-state index in [4.69, 9.17) is 27.9 Å². The molecular weight excluding hydrogens is 367 g/mol. The summed E-state index contributed by atoms with van der Waals surface area (Å²) in [4.78, 5) is 23.0. The first-order valence-corrected chi connectivity index (χ1v) is 7.83. The Morgan fingerprint density at radius 2 is 1.88 bits per heavy atom. The highest BCUT2D eigenvalue weighted by molar-refractivity contribution is 6.35. The molecule has 0 fully saturated rings. The quantitative estimate of drug-likeness (QED) is 0.473. The van der Waals surface area contributed by atoms with E-state index in [0.29, 0.717) is 26.9 Å². The van der Waals surface area contributed by atoms with Gasteiger partial charge in [-0.05, 0) is 35.9 Å². The molecule has 0 spiro atoms. The Hall–Kier alpha value is -2.57. The van der Waals surface area contributed by atoms with Crippen LogP contribution >= 0.6 is 23.2 Å². The highest BCUT2D eigenvalue weighted by atomic mass is 35.5. The van der Waals surface area contributed by atoms with Crippen molar-refractivity contribution in [3.05, 3.63) is 63.6 Å². The van der Waals surface area contributed by atoms with Crippen LogP contribution in [0.3, 0.4) is 0 Å². The molecule has 1 amide bonds. The van der Waals surface area contributed by atoms with Crippen molar-refractivity contribution in [2.75, 3.05) is 13.7 Å². The average Bonchev–Trinajstić information content (AvgIpc) is 2.61. The van der Waals surface area contributed by atoms with E-state index >= 15 is 0 Å². The molecule has 130 valence electrons. The summed E-state index contributed by atoms with van der Waals surface area (Å²) in [7, 11) is 1.31. The van der Waals surface area contributed by atoms with Crippen LogP contribution in [0.1, 0.15) is 15.9 Å². The number of carbonyl (C=O) groups excluding carboxylic acids is 2. The first kappa shape index (κ1) is 18.8. The van der Waals surface area contributed by atoms with Gasteiger partial charge in [0.2, 0.25) is 0 Å². The number of benzene rings is 2. The second-order valence-corrected chi connectivity index (χ2v) is 5.61. The zero-order chi connectivity index (χ0) is 18.2. The summed E-state index contributed by atoms with van der Waals surface area (Å²) in [5, 5.41) is 4.60. The number of ether oxygens (including phenoxy) is 2. The van der Waals surface area contributed by atoms with E-state index in [1.54, 1.807) is 36.4 Å². The van der Waals surface area contributed by atoms with Gasteiger partial charge in [0.1, 0.15) is 5.75 Å². The maximum atomic E-state index is 11.7. The van der Waals surface area contributed by atoms with E-state index in [1.165, 1.54) is 19.4 Å². The van der Waals surface area contributed by atoms with Gasteiger partial charge in [0.15, 0.2) is 6.61 Å². The zero-order valence-corrected chi connectivity index (χ0v) is 14.7. The number of nitrogens with zero attached hydrogens (tertiary/aromatic N) is 1. The molecule has 1 N–H and O–H groups in total. The number of halogens is 2. The zero-order valence-electron chi connectivity index (χ0n) is 13.2. The molecule has 0 aliphatic rings. The molecule has 0 atom stereocenters. The lowest BCUT2D eigenvalue weighted by Crippen LogP contribution is -2.24. The molecule has 25 heavy (non-hydrogen) atoms. The molecule has 0 radical (unpaired) electrons. The van der Waals surface area contributed by atoms with Gasteiger partial charge in [-0.1, -0.05) is 35.3 Å². The Morgan fingerprint density at radius 3 is 2.52 bits per heavy atom. The van der Waals surface area contributed by atoms with Crippen molar-refractivity contribution in [2.45, 2.75) is 0 Å². The molecule has 0 aromatic heterocycles. The summed E-state index contributed by atoms with van der Waals surface area (Å²) < 4.78 is 9.89. The van der Waals surface area contributed by atoms with E-state index in [0.717, 1.165) is 0 Å². The minimum atomic E-state index is -0.451. The van der Waals surface area contributed by atoms with Crippen LogP contribution in [0.15, 0.2) is 47.6 Å². The molecule has 2 aromatic rings. The maximum absolute atomic E-state index is 11.7. The van der Waals surface area contributed by atoms with Crippen LogP contribution in [-0.2, 0) is 9.53 Å². The van der Waals surface area contributed by atoms with Gasteiger partial charge in [-0.2, -0.15) is 5.10 Å². The van der Waals surface area contributed by atoms with Crippen molar-refractivity contribution in [1.82, 2.24) is 5.43 Å². The Labute approximate surface area is 154 Å². The van der Waals surface area contributed by atoms with Gasteiger partial charge in [-0.25, -0.2) is 10.2 Å². The minimum absolute atomic E-state index is 0.250. The van der Waals surface area contributed by atoms with Gasteiger partial charge in [0, 0.05) is 5.02 Å².